The quantitative estimate of drug-likeness (QED) is 0.267. The van der Waals surface area contributed by atoms with Crippen LogP contribution in [-0.2, 0) is 21.7 Å². The first-order valence-corrected chi connectivity index (χ1v) is 1.15. The van der Waals surface area contributed by atoms with Gasteiger partial charge in [-0.25, -0.2) is 0 Å². The second-order valence-electron chi connectivity index (χ2n) is 0.577. The van der Waals surface area contributed by atoms with E-state index in [9.17, 15) is 0 Å². The zero-order chi connectivity index (χ0) is 2.71. The van der Waals surface area contributed by atoms with Gasteiger partial charge in [0.2, 0.25) is 0 Å². The van der Waals surface area contributed by atoms with Gasteiger partial charge < -0.3 is 43.6 Å². The predicted octanol–water partition coefficient (Wildman–Crippen LogP) is -7.76. The fourth-order valence-corrected chi connectivity index (χ4v) is 0. The van der Waals surface area contributed by atoms with E-state index in [1.54, 1.807) is 0 Å². The van der Waals surface area contributed by atoms with E-state index >= 15 is 0 Å². The Morgan fingerprint density at radius 3 is 0.857 bits per heavy atom. The third-order valence-corrected chi connectivity index (χ3v) is 0. The molecule has 0 saturated carbocycles. The molecule has 0 aliphatic heterocycles. The zero-order valence-electron chi connectivity index (χ0n) is 4.21. The molecule has 0 heterocycles. The molecule has 0 saturated heterocycles. The van der Waals surface area contributed by atoms with Crippen LogP contribution in [0.4, 0.5) is 0 Å². The largest absolute Gasteiger partial charge is 4.00 e. The molecule has 0 aromatic carbocycles. The molecule has 0 aliphatic rings. The van der Waals surface area contributed by atoms with E-state index < -0.39 is 0 Å². The van der Waals surface area contributed by atoms with Gasteiger partial charge in [-0.1, -0.05) is 0 Å². The Morgan fingerprint density at radius 2 is 0.857 bits per heavy atom. The van der Waals surface area contributed by atoms with Crippen LogP contribution in [0.2, 0.25) is 0 Å². The van der Waals surface area contributed by atoms with Crippen LogP contribution in [0.25, 0.3) is 0 Å². The zero-order valence-corrected chi connectivity index (χ0v) is 8.04. The summed E-state index contributed by atoms with van der Waals surface area (Å²) < 4.78 is 0. The van der Waals surface area contributed by atoms with E-state index in [-0.39, 0.29) is 58.9 Å². The van der Waals surface area contributed by atoms with Gasteiger partial charge in [0, 0.05) is 0 Å². The van der Waals surface area contributed by atoms with Gasteiger partial charge in [0.1, 0.15) is 0 Å². The summed E-state index contributed by atoms with van der Waals surface area (Å²) in [7, 11) is 0. The van der Waals surface area contributed by atoms with Crippen molar-refractivity contribution in [3.8, 4) is 0 Å². The van der Waals surface area contributed by atoms with E-state index in [2.05, 4.69) is 0 Å². The first-order valence-electron chi connectivity index (χ1n) is 1.15. The van der Waals surface area contributed by atoms with Crippen molar-refractivity contribution in [3.05, 3.63) is 6.42 Å². The molecule has 0 amide bonds. The summed E-state index contributed by atoms with van der Waals surface area (Å²) in [4.78, 5) is 0. The molecular formula is C3H7Cl3Ti. The standard InChI is InChI=1S/C3H7.3ClH.Ti/c1-3-2;;;;/h3H,1-2H3;3*1H;/q-1;;;;+4/p-3. The molecule has 4 heteroatoms. The van der Waals surface area contributed by atoms with E-state index in [1.807, 2.05) is 20.3 Å². The Hall–Kier alpha value is 1.58. The summed E-state index contributed by atoms with van der Waals surface area (Å²) in [6.07, 6.45) is 2.00. The third-order valence-electron chi connectivity index (χ3n) is 0. The van der Waals surface area contributed by atoms with Gasteiger partial charge in [-0.15, -0.1) is 0 Å². The van der Waals surface area contributed by atoms with Crippen LogP contribution in [0.15, 0.2) is 0 Å². The summed E-state index contributed by atoms with van der Waals surface area (Å²) in [6.45, 7) is 4.00. The Kier molecular flexibility index (Phi) is 270. The molecule has 0 spiro atoms. The summed E-state index contributed by atoms with van der Waals surface area (Å²) in [6, 6.07) is 0. The van der Waals surface area contributed by atoms with Crippen LogP contribution in [-0.4, -0.2) is 0 Å². The van der Waals surface area contributed by atoms with Gasteiger partial charge in [-0.2, -0.15) is 13.8 Å². The molecule has 7 heavy (non-hydrogen) atoms. The van der Waals surface area contributed by atoms with Crippen molar-refractivity contribution in [2.24, 2.45) is 0 Å². The van der Waals surface area contributed by atoms with Gasteiger partial charge in [-0.05, 0) is 0 Å². The minimum atomic E-state index is 0. The van der Waals surface area contributed by atoms with Crippen molar-refractivity contribution >= 4 is 0 Å². The van der Waals surface area contributed by atoms with Gasteiger partial charge in [0.05, 0.1) is 0 Å². The van der Waals surface area contributed by atoms with Gasteiger partial charge in [-0.3, -0.25) is 0 Å². The first kappa shape index (κ1) is 38.4. The maximum absolute atomic E-state index is 2.00. The molecular weight excluding hydrogens is 190 g/mol. The molecule has 0 radical (unpaired) electrons. The molecule has 0 rings (SSSR count). The Morgan fingerprint density at radius 1 is 0.857 bits per heavy atom. The van der Waals surface area contributed by atoms with Crippen molar-refractivity contribution < 1.29 is 58.9 Å². The smallest absolute Gasteiger partial charge is 1.00 e. The maximum Gasteiger partial charge on any atom is 4.00 e. The first-order chi connectivity index (χ1) is 1.41. The minimum absolute atomic E-state index is 0. The number of rotatable bonds is 0. The minimum Gasteiger partial charge on any atom is -1.00 e. The fourth-order valence-electron chi connectivity index (χ4n) is 0. The fraction of sp³-hybridized carbons (Fsp3) is 0.667. The molecule has 0 fully saturated rings. The predicted molar refractivity (Wildman–Crippen MR) is 15.6 cm³/mol. The second kappa shape index (κ2) is 49.2. The van der Waals surface area contributed by atoms with Crippen molar-refractivity contribution in [2.45, 2.75) is 13.8 Å². The van der Waals surface area contributed by atoms with Crippen molar-refractivity contribution in [3.63, 3.8) is 0 Å². The van der Waals surface area contributed by atoms with Crippen LogP contribution in [0.3, 0.4) is 0 Å². The molecule has 0 aliphatic carbocycles. The van der Waals surface area contributed by atoms with Crippen LogP contribution < -0.4 is 37.2 Å². The summed E-state index contributed by atoms with van der Waals surface area (Å²) >= 11 is 0. The van der Waals surface area contributed by atoms with Gasteiger partial charge in [0.25, 0.3) is 0 Å². The number of halogens is 3. The molecule has 44 valence electrons. The molecule has 0 aromatic rings. The molecule has 0 N–H and O–H groups in total. The molecule has 0 aromatic heterocycles. The summed E-state index contributed by atoms with van der Waals surface area (Å²) in [5, 5.41) is 0. The number of hydrogen-bond donors (Lipinski definition) is 0. The van der Waals surface area contributed by atoms with Crippen molar-refractivity contribution in [1.82, 2.24) is 0 Å². The Balaban J connectivity index is -0.00000000333. The Bertz CT molecular complexity index is 10.1. The average Bonchev–Trinajstić information content (AvgIpc) is 0.918. The number of hydrogen-bond acceptors (Lipinski definition) is 0. The molecule has 0 atom stereocenters. The second-order valence-corrected chi connectivity index (χ2v) is 0.577. The normalized spacial score (nSPS) is 2.57. The average molecular weight is 197 g/mol. The van der Waals surface area contributed by atoms with E-state index in [0.717, 1.165) is 0 Å². The SMILES string of the molecule is C[CH-]C.[Cl-].[Cl-].[Cl-].[Ti+4]. The third kappa shape index (κ3) is 94.2. The molecule has 0 nitrogen and oxygen atoms in total. The summed E-state index contributed by atoms with van der Waals surface area (Å²) in [5.74, 6) is 0. The van der Waals surface area contributed by atoms with Gasteiger partial charge >= 0.3 is 21.7 Å². The van der Waals surface area contributed by atoms with Crippen molar-refractivity contribution in [2.75, 3.05) is 0 Å². The van der Waals surface area contributed by atoms with E-state index in [1.165, 1.54) is 0 Å². The van der Waals surface area contributed by atoms with Crippen LogP contribution in [0.1, 0.15) is 13.8 Å². The maximum atomic E-state index is 2.00. The van der Waals surface area contributed by atoms with Gasteiger partial charge in [0.15, 0.2) is 0 Å². The van der Waals surface area contributed by atoms with E-state index in [0.29, 0.717) is 0 Å². The molecule has 0 bridgehead atoms. The monoisotopic (exact) mass is 196 g/mol. The molecule has 0 unspecified atom stereocenters. The van der Waals surface area contributed by atoms with Crippen LogP contribution in [0.5, 0.6) is 0 Å². The van der Waals surface area contributed by atoms with Crippen molar-refractivity contribution in [1.29, 1.82) is 0 Å². The summed E-state index contributed by atoms with van der Waals surface area (Å²) in [5.41, 5.74) is 0. The Labute approximate surface area is 78.9 Å². The van der Waals surface area contributed by atoms with Crippen LogP contribution >= 0.6 is 0 Å². The topological polar surface area (TPSA) is 0 Å². The van der Waals surface area contributed by atoms with Crippen LogP contribution in [0, 0.1) is 6.42 Å². The van der Waals surface area contributed by atoms with E-state index in [4.69, 9.17) is 0 Å².